The molecule has 0 heterocycles. The summed E-state index contributed by atoms with van der Waals surface area (Å²) in [5.74, 6) is 0.374. The SMILES string of the molecule is CC[C@H](C)NC(=O)[C@@H](Cc1ccccc1)N(Cc1ccc(Cl)c(Cl)c1)C(=O)COc1ccccc1OC. The van der Waals surface area contributed by atoms with Crippen molar-refractivity contribution in [2.24, 2.45) is 0 Å². The van der Waals surface area contributed by atoms with Gasteiger partial charge in [0.2, 0.25) is 5.91 Å². The van der Waals surface area contributed by atoms with Gasteiger partial charge in [-0.15, -0.1) is 0 Å². The van der Waals surface area contributed by atoms with Crippen LogP contribution in [0.3, 0.4) is 0 Å². The van der Waals surface area contributed by atoms with Crippen molar-refractivity contribution in [3.05, 3.63) is 94.0 Å². The van der Waals surface area contributed by atoms with E-state index in [0.29, 0.717) is 28.0 Å². The van der Waals surface area contributed by atoms with E-state index in [-0.39, 0.29) is 31.0 Å². The quantitative estimate of drug-likeness (QED) is 0.307. The summed E-state index contributed by atoms with van der Waals surface area (Å²) in [5, 5.41) is 3.83. The molecule has 0 unspecified atom stereocenters. The van der Waals surface area contributed by atoms with Crippen LogP contribution in [0.4, 0.5) is 0 Å². The number of carbonyl (C=O) groups is 2. The second-order valence-corrected chi connectivity index (χ2v) is 9.55. The van der Waals surface area contributed by atoms with Gasteiger partial charge in [-0.25, -0.2) is 0 Å². The zero-order valence-corrected chi connectivity index (χ0v) is 22.8. The molecule has 2 amide bonds. The largest absolute Gasteiger partial charge is 0.493 e. The third-order valence-electron chi connectivity index (χ3n) is 6.03. The highest BCUT2D eigenvalue weighted by molar-refractivity contribution is 6.42. The summed E-state index contributed by atoms with van der Waals surface area (Å²) in [7, 11) is 1.54. The zero-order valence-electron chi connectivity index (χ0n) is 21.2. The molecule has 0 saturated carbocycles. The lowest BCUT2D eigenvalue weighted by atomic mass is 10.0. The van der Waals surface area contributed by atoms with Gasteiger partial charge >= 0.3 is 0 Å². The Morgan fingerprint density at radius 2 is 1.59 bits per heavy atom. The van der Waals surface area contributed by atoms with E-state index in [4.69, 9.17) is 32.7 Å². The number of ether oxygens (including phenoxy) is 2. The van der Waals surface area contributed by atoms with Gasteiger partial charge in [-0.05, 0) is 48.7 Å². The number of para-hydroxylation sites is 2. The van der Waals surface area contributed by atoms with Gasteiger partial charge < -0.3 is 19.7 Å². The molecule has 0 aliphatic carbocycles. The summed E-state index contributed by atoms with van der Waals surface area (Å²) in [4.78, 5) is 28.8. The smallest absolute Gasteiger partial charge is 0.261 e. The molecule has 3 aromatic carbocycles. The molecule has 0 spiro atoms. The number of rotatable bonds is 12. The number of hydrogen-bond acceptors (Lipinski definition) is 4. The van der Waals surface area contributed by atoms with Crippen molar-refractivity contribution in [3.63, 3.8) is 0 Å². The Hall–Kier alpha value is -3.22. The van der Waals surface area contributed by atoms with Gasteiger partial charge in [0, 0.05) is 19.0 Å². The first-order valence-corrected chi connectivity index (χ1v) is 12.9. The number of nitrogens with one attached hydrogen (secondary N) is 1. The lowest BCUT2D eigenvalue weighted by Crippen LogP contribution is -2.53. The van der Waals surface area contributed by atoms with Crippen LogP contribution in [0.2, 0.25) is 10.0 Å². The average molecular weight is 543 g/mol. The minimum atomic E-state index is -0.778. The molecule has 0 aliphatic heterocycles. The number of carbonyl (C=O) groups excluding carboxylic acids is 2. The minimum Gasteiger partial charge on any atom is -0.493 e. The number of amides is 2. The van der Waals surface area contributed by atoms with Crippen LogP contribution >= 0.6 is 23.2 Å². The van der Waals surface area contributed by atoms with Gasteiger partial charge in [0.1, 0.15) is 6.04 Å². The van der Waals surface area contributed by atoms with Crippen LogP contribution in [-0.4, -0.2) is 42.5 Å². The van der Waals surface area contributed by atoms with E-state index in [1.807, 2.05) is 50.2 Å². The molecule has 0 saturated heterocycles. The highest BCUT2D eigenvalue weighted by Crippen LogP contribution is 2.27. The van der Waals surface area contributed by atoms with E-state index >= 15 is 0 Å². The average Bonchev–Trinajstić information content (AvgIpc) is 2.91. The standard InChI is InChI=1S/C29H32Cl2N2O4/c1-4-20(2)32-29(35)25(17-21-10-6-5-7-11-21)33(18-22-14-15-23(30)24(31)16-22)28(34)19-37-27-13-9-8-12-26(27)36-3/h5-16,20,25H,4,17-19H2,1-3H3,(H,32,35)/t20-,25+/m0/s1. The monoisotopic (exact) mass is 542 g/mol. The predicted octanol–water partition coefficient (Wildman–Crippen LogP) is 5.94. The molecule has 0 bridgehead atoms. The first kappa shape index (κ1) is 28.4. The molecule has 196 valence electrons. The van der Waals surface area contributed by atoms with Crippen LogP contribution in [0.25, 0.3) is 0 Å². The van der Waals surface area contributed by atoms with Crippen LogP contribution in [0.5, 0.6) is 11.5 Å². The molecule has 1 N–H and O–H groups in total. The van der Waals surface area contributed by atoms with Gasteiger partial charge in [0.15, 0.2) is 18.1 Å². The highest BCUT2D eigenvalue weighted by atomic mass is 35.5. The molecular weight excluding hydrogens is 511 g/mol. The second kappa shape index (κ2) is 13.9. The van der Waals surface area contributed by atoms with Gasteiger partial charge in [0.25, 0.3) is 5.91 Å². The number of methoxy groups -OCH3 is 1. The predicted molar refractivity (Wildman–Crippen MR) is 147 cm³/mol. The fourth-order valence-corrected chi connectivity index (χ4v) is 4.11. The van der Waals surface area contributed by atoms with E-state index in [1.165, 1.54) is 7.11 Å². The first-order valence-electron chi connectivity index (χ1n) is 12.2. The summed E-state index contributed by atoms with van der Waals surface area (Å²) in [6.07, 6.45) is 1.10. The van der Waals surface area contributed by atoms with Crippen molar-refractivity contribution in [1.29, 1.82) is 0 Å². The number of benzene rings is 3. The molecule has 37 heavy (non-hydrogen) atoms. The maximum atomic E-state index is 13.7. The molecule has 0 aromatic heterocycles. The molecule has 0 radical (unpaired) electrons. The van der Waals surface area contributed by atoms with Crippen molar-refractivity contribution in [2.45, 2.75) is 45.3 Å². The van der Waals surface area contributed by atoms with Crippen LogP contribution in [0.1, 0.15) is 31.4 Å². The Kier molecular flexibility index (Phi) is 10.7. The van der Waals surface area contributed by atoms with Gasteiger partial charge in [0.05, 0.1) is 17.2 Å². The Labute approximate surface area is 228 Å². The number of hydrogen-bond donors (Lipinski definition) is 1. The van der Waals surface area contributed by atoms with E-state index < -0.39 is 6.04 Å². The Bertz CT molecular complexity index is 1190. The van der Waals surface area contributed by atoms with E-state index in [1.54, 1.807) is 41.3 Å². The summed E-state index contributed by atoms with van der Waals surface area (Å²) in [6.45, 7) is 3.81. The molecule has 3 rings (SSSR count). The molecule has 0 fully saturated rings. The van der Waals surface area contributed by atoms with E-state index in [0.717, 1.165) is 17.5 Å². The maximum absolute atomic E-state index is 13.7. The molecule has 8 heteroatoms. The first-order chi connectivity index (χ1) is 17.8. The van der Waals surface area contributed by atoms with Gasteiger partial charge in [-0.3, -0.25) is 9.59 Å². The summed E-state index contributed by atoms with van der Waals surface area (Å²) >= 11 is 12.4. The second-order valence-electron chi connectivity index (χ2n) is 8.73. The zero-order chi connectivity index (χ0) is 26.8. The Morgan fingerprint density at radius 1 is 0.919 bits per heavy atom. The fourth-order valence-electron chi connectivity index (χ4n) is 3.79. The lowest BCUT2D eigenvalue weighted by Gasteiger charge is -2.32. The van der Waals surface area contributed by atoms with Crippen molar-refractivity contribution in [3.8, 4) is 11.5 Å². The summed E-state index contributed by atoms with van der Waals surface area (Å²) < 4.78 is 11.2. The van der Waals surface area contributed by atoms with Gasteiger partial charge in [-0.1, -0.05) is 78.7 Å². The van der Waals surface area contributed by atoms with E-state index in [9.17, 15) is 9.59 Å². The van der Waals surface area contributed by atoms with Crippen molar-refractivity contribution >= 4 is 35.0 Å². The highest BCUT2D eigenvalue weighted by Gasteiger charge is 2.31. The lowest BCUT2D eigenvalue weighted by molar-refractivity contribution is -0.143. The van der Waals surface area contributed by atoms with Crippen LogP contribution in [-0.2, 0) is 22.6 Å². The molecule has 3 aromatic rings. The summed E-state index contributed by atoms with van der Waals surface area (Å²) in [6, 6.07) is 21.1. The van der Waals surface area contributed by atoms with Crippen LogP contribution in [0.15, 0.2) is 72.8 Å². The molecule has 0 aliphatic rings. The van der Waals surface area contributed by atoms with E-state index in [2.05, 4.69) is 5.32 Å². The Balaban J connectivity index is 1.95. The van der Waals surface area contributed by atoms with Crippen molar-refractivity contribution < 1.29 is 19.1 Å². The topological polar surface area (TPSA) is 67.9 Å². The maximum Gasteiger partial charge on any atom is 0.261 e. The Morgan fingerprint density at radius 3 is 2.24 bits per heavy atom. The minimum absolute atomic E-state index is 0.0440. The summed E-state index contributed by atoms with van der Waals surface area (Å²) in [5.41, 5.74) is 1.68. The normalized spacial score (nSPS) is 12.4. The third kappa shape index (κ3) is 8.14. The number of halogens is 2. The van der Waals surface area contributed by atoms with Crippen LogP contribution in [0, 0.1) is 0 Å². The number of nitrogens with zero attached hydrogens (tertiary/aromatic N) is 1. The van der Waals surface area contributed by atoms with Crippen LogP contribution < -0.4 is 14.8 Å². The molecular formula is C29H32Cl2N2O4. The van der Waals surface area contributed by atoms with Crippen molar-refractivity contribution in [2.75, 3.05) is 13.7 Å². The van der Waals surface area contributed by atoms with Crippen molar-refractivity contribution in [1.82, 2.24) is 10.2 Å². The molecule has 6 nitrogen and oxygen atoms in total. The molecule has 2 atom stereocenters. The fraction of sp³-hybridized carbons (Fsp3) is 0.310. The third-order valence-corrected chi connectivity index (χ3v) is 6.77. The van der Waals surface area contributed by atoms with Gasteiger partial charge in [-0.2, -0.15) is 0 Å².